The second-order valence-corrected chi connectivity index (χ2v) is 8.78. The molecule has 1 aliphatic heterocycles. The van der Waals surface area contributed by atoms with Crippen molar-refractivity contribution < 1.29 is 14.3 Å². The van der Waals surface area contributed by atoms with Crippen molar-refractivity contribution in [1.29, 1.82) is 0 Å². The van der Waals surface area contributed by atoms with E-state index in [1.165, 1.54) is 0 Å². The standard InChI is InChI=1S/C30H27NO3/c1-20-27(30(33)34-19-21-11-4-2-5-12-21)28(29-25(31-20)17-10-18-26(29)32)24-16-9-8-15-23(24)22-13-6-3-7-14-22/h2-9,11-16,28,31H,10,17-19H2,1H3. The van der Waals surface area contributed by atoms with Crippen LogP contribution in [0.4, 0.5) is 0 Å². The van der Waals surface area contributed by atoms with Gasteiger partial charge in [0.25, 0.3) is 0 Å². The molecule has 3 aromatic carbocycles. The van der Waals surface area contributed by atoms with E-state index in [0.717, 1.165) is 46.5 Å². The topological polar surface area (TPSA) is 55.4 Å². The van der Waals surface area contributed by atoms with Crippen LogP contribution < -0.4 is 5.32 Å². The lowest BCUT2D eigenvalue weighted by Crippen LogP contribution is -2.34. The molecule has 0 amide bonds. The highest BCUT2D eigenvalue weighted by Crippen LogP contribution is 2.45. The van der Waals surface area contributed by atoms with Gasteiger partial charge in [0.05, 0.1) is 5.57 Å². The summed E-state index contributed by atoms with van der Waals surface area (Å²) in [6, 6.07) is 27.8. The number of nitrogens with one attached hydrogen (secondary N) is 1. The van der Waals surface area contributed by atoms with Crippen molar-refractivity contribution in [3.05, 3.63) is 119 Å². The number of carbonyl (C=O) groups is 2. The summed E-state index contributed by atoms with van der Waals surface area (Å²) in [5.41, 5.74) is 6.83. The Kier molecular flexibility index (Phi) is 6.13. The van der Waals surface area contributed by atoms with E-state index in [2.05, 4.69) is 23.5 Å². The summed E-state index contributed by atoms with van der Waals surface area (Å²) in [6.45, 7) is 2.09. The molecule has 34 heavy (non-hydrogen) atoms. The van der Waals surface area contributed by atoms with Gasteiger partial charge in [-0.3, -0.25) is 4.79 Å². The molecule has 1 atom stereocenters. The number of ether oxygens (including phenoxy) is 1. The minimum Gasteiger partial charge on any atom is -0.457 e. The zero-order valence-electron chi connectivity index (χ0n) is 19.2. The number of hydrogen-bond donors (Lipinski definition) is 1. The molecular weight excluding hydrogens is 422 g/mol. The van der Waals surface area contributed by atoms with Crippen LogP contribution in [0.1, 0.15) is 43.2 Å². The predicted molar refractivity (Wildman–Crippen MR) is 133 cm³/mol. The molecule has 1 N–H and O–H groups in total. The molecule has 3 aromatic rings. The van der Waals surface area contributed by atoms with Crippen molar-refractivity contribution in [2.45, 2.75) is 38.7 Å². The van der Waals surface area contributed by atoms with E-state index in [-0.39, 0.29) is 12.4 Å². The van der Waals surface area contributed by atoms with Crippen LogP contribution >= 0.6 is 0 Å². The third-order valence-electron chi connectivity index (χ3n) is 6.57. The second kappa shape index (κ2) is 9.52. The Hall–Kier alpha value is -3.92. The van der Waals surface area contributed by atoms with Gasteiger partial charge in [-0.15, -0.1) is 0 Å². The lowest BCUT2D eigenvalue weighted by molar-refractivity contribution is -0.140. The van der Waals surface area contributed by atoms with Gasteiger partial charge in [-0.1, -0.05) is 84.9 Å². The van der Waals surface area contributed by atoms with Gasteiger partial charge in [0.15, 0.2) is 5.78 Å². The van der Waals surface area contributed by atoms with Crippen molar-refractivity contribution in [2.75, 3.05) is 0 Å². The predicted octanol–water partition coefficient (Wildman–Crippen LogP) is 6.06. The Balaban J connectivity index is 1.60. The molecule has 0 bridgehead atoms. The molecular formula is C30H27NO3. The molecule has 2 aliphatic rings. The fourth-order valence-corrected chi connectivity index (χ4v) is 5.00. The summed E-state index contributed by atoms with van der Waals surface area (Å²) in [6.07, 6.45) is 2.11. The highest BCUT2D eigenvalue weighted by Gasteiger charge is 2.40. The molecule has 1 unspecified atom stereocenters. The first kappa shape index (κ1) is 21.9. The number of esters is 1. The maximum atomic E-state index is 13.5. The number of allylic oxidation sites excluding steroid dienone is 3. The molecule has 170 valence electrons. The molecule has 0 saturated carbocycles. The summed E-state index contributed by atoms with van der Waals surface area (Å²) in [7, 11) is 0. The normalized spacial score (nSPS) is 17.8. The third kappa shape index (κ3) is 4.19. The van der Waals surface area contributed by atoms with Gasteiger partial charge >= 0.3 is 5.97 Å². The zero-order valence-corrected chi connectivity index (χ0v) is 19.2. The van der Waals surface area contributed by atoms with Crippen molar-refractivity contribution in [1.82, 2.24) is 5.32 Å². The molecule has 0 saturated heterocycles. The summed E-state index contributed by atoms with van der Waals surface area (Å²) in [4.78, 5) is 26.8. The van der Waals surface area contributed by atoms with Gasteiger partial charge in [-0.25, -0.2) is 4.79 Å². The van der Waals surface area contributed by atoms with E-state index in [9.17, 15) is 9.59 Å². The Labute approximate surface area is 200 Å². The Morgan fingerprint density at radius 3 is 2.35 bits per heavy atom. The molecule has 1 heterocycles. The molecule has 4 heteroatoms. The van der Waals surface area contributed by atoms with Crippen molar-refractivity contribution in [3.63, 3.8) is 0 Å². The first-order chi connectivity index (χ1) is 16.6. The second-order valence-electron chi connectivity index (χ2n) is 8.78. The van der Waals surface area contributed by atoms with Crippen LogP contribution in [0, 0.1) is 0 Å². The van der Waals surface area contributed by atoms with Crippen LogP contribution in [-0.2, 0) is 20.9 Å². The summed E-state index contributed by atoms with van der Waals surface area (Å²) < 4.78 is 5.78. The van der Waals surface area contributed by atoms with E-state index in [4.69, 9.17) is 4.74 Å². The van der Waals surface area contributed by atoms with Crippen molar-refractivity contribution in [2.24, 2.45) is 0 Å². The SMILES string of the molecule is CC1=C(C(=O)OCc2ccccc2)C(c2ccccc2-c2ccccc2)C2=C(CCCC2=O)N1. The van der Waals surface area contributed by atoms with Crippen LogP contribution in [0.2, 0.25) is 0 Å². The number of Topliss-reactive ketones (excluding diaryl/α,β-unsaturated/α-hetero) is 1. The smallest absolute Gasteiger partial charge is 0.337 e. The molecule has 0 fully saturated rings. The van der Waals surface area contributed by atoms with E-state index >= 15 is 0 Å². The van der Waals surface area contributed by atoms with Crippen LogP contribution in [0.15, 0.2) is 107 Å². The Bertz CT molecular complexity index is 1290. The minimum absolute atomic E-state index is 0.0995. The fourth-order valence-electron chi connectivity index (χ4n) is 5.00. The van der Waals surface area contributed by atoms with Gasteiger partial charge in [0.2, 0.25) is 0 Å². The first-order valence-electron chi connectivity index (χ1n) is 11.7. The summed E-state index contributed by atoms with van der Waals surface area (Å²) in [5, 5.41) is 3.37. The average molecular weight is 450 g/mol. The number of carbonyl (C=O) groups excluding carboxylic acids is 2. The summed E-state index contributed by atoms with van der Waals surface area (Å²) >= 11 is 0. The molecule has 0 radical (unpaired) electrons. The number of ketones is 1. The Morgan fingerprint density at radius 1 is 0.912 bits per heavy atom. The highest BCUT2D eigenvalue weighted by molar-refractivity contribution is 6.04. The number of benzene rings is 3. The van der Waals surface area contributed by atoms with Gasteiger partial charge in [0, 0.05) is 29.3 Å². The molecule has 5 rings (SSSR count). The molecule has 1 aliphatic carbocycles. The largest absolute Gasteiger partial charge is 0.457 e. The van der Waals surface area contributed by atoms with Gasteiger partial charge < -0.3 is 10.1 Å². The fraction of sp³-hybridized carbons (Fsp3) is 0.200. The van der Waals surface area contributed by atoms with Crippen LogP contribution in [0.3, 0.4) is 0 Å². The average Bonchev–Trinajstić information content (AvgIpc) is 2.88. The maximum Gasteiger partial charge on any atom is 0.337 e. The number of rotatable bonds is 5. The molecule has 4 nitrogen and oxygen atoms in total. The summed E-state index contributed by atoms with van der Waals surface area (Å²) in [5.74, 6) is -0.766. The maximum absolute atomic E-state index is 13.5. The lowest BCUT2D eigenvalue weighted by atomic mass is 9.73. The first-order valence-corrected chi connectivity index (χ1v) is 11.7. The van der Waals surface area contributed by atoms with Crippen molar-refractivity contribution >= 4 is 11.8 Å². The zero-order chi connectivity index (χ0) is 23.5. The lowest BCUT2D eigenvalue weighted by Gasteiger charge is -2.35. The van der Waals surface area contributed by atoms with E-state index < -0.39 is 11.9 Å². The Morgan fingerprint density at radius 2 is 1.59 bits per heavy atom. The number of hydrogen-bond acceptors (Lipinski definition) is 4. The van der Waals surface area contributed by atoms with Gasteiger partial charge in [0.1, 0.15) is 6.61 Å². The van der Waals surface area contributed by atoms with Gasteiger partial charge in [-0.2, -0.15) is 0 Å². The van der Waals surface area contributed by atoms with Crippen LogP contribution in [0.25, 0.3) is 11.1 Å². The van der Waals surface area contributed by atoms with Crippen molar-refractivity contribution in [3.8, 4) is 11.1 Å². The number of dihydropyridines is 1. The van der Waals surface area contributed by atoms with Gasteiger partial charge in [-0.05, 0) is 42.0 Å². The quantitative estimate of drug-likeness (QED) is 0.481. The minimum atomic E-state index is -0.469. The molecule has 0 spiro atoms. The highest BCUT2D eigenvalue weighted by atomic mass is 16.5. The van der Waals surface area contributed by atoms with E-state index in [1.54, 1.807) is 0 Å². The van der Waals surface area contributed by atoms with E-state index in [0.29, 0.717) is 17.6 Å². The van der Waals surface area contributed by atoms with Crippen LogP contribution in [-0.4, -0.2) is 11.8 Å². The molecule has 0 aromatic heterocycles. The monoisotopic (exact) mass is 449 g/mol. The third-order valence-corrected chi connectivity index (χ3v) is 6.57. The van der Waals surface area contributed by atoms with Crippen LogP contribution in [0.5, 0.6) is 0 Å². The van der Waals surface area contributed by atoms with E-state index in [1.807, 2.05) is 73.7 Å².